The summed E-state index contributed by atoms with van der Waals surface area (Å²) in [6, 6.07) is 22.5. The molecule has 4 nitrogen and oxygen atoms in total. The van der Waals surface area contributed by atoms with Crippen LogP contribution in [-0.2, 0) is 13.1 Å². The number of aromatic hydroxyl groups is 2. The molecule has 0 aliphatic rings. The Bertz CT molecular complexity index is 698. The number of phenolic OH excluding ortho intramolecular Hbond substituents is 2. The van der Waals surface area contributed by atoms with Crippen LogP contribution in [0.5, 0.6) is 11.5 Å². The van der Waals surface area contributed by atoms with Gasteiger partial charge in [0.25, 0.3) is 0 Å². The Balaban J connectivity index is 1.51. The highest BCUT2D eigenvalue weighted by Gasteiger charge is 1.98. The van der Waals surface area contributed by atoms with Gasteiger partial charge in [-0.2, -0.15) is 0 Å². The zero-order valence-electron chi connectivity index (χ0n) is 13.2. The molecule has 24 heavy (non-hydrogen) atoms. The lowest BCUT2D eigenvalue weighted by Crippen LogP contribution is -2.01. The van der Waals surface area contributed by atoms with E-state index in [2.05, 4.69) is 34.9 Å². The van der Waals surface area contributed by atoms with Crippen LogP contribution < -0.4 is 10.6 Å². The molecule has 4 heteroatoms. The van der Waals surface area contributed by atoms with Crippen molar-refractivity contribution in [3.05, 3.63) is 83.9 Å². The Hall–Kier alpha value is -3.14. The summed E-state index contributed by atoms with van der Waals surface area (Å²) in [6.07, 6.45) is 0. The van der Waals surface area contributed by atoms with E-state index in [-0.39, 0.29) is 11.5 Å². The SMILES string of the molecule is Oc1ccc(NCc2ccc(CNc3ccc(O)cc3)cc2)cc1. The van der Waals surface area contributed by atoms with Gasteiger partial charge in [0.05, 0.1) is 0 Å². The number of rotatable bonds is 6. The fourth-order valence-corrected chi connectivity index (χ4v) is 2.34. The highest BCUT2D eigenvalue weighted by Crippen LogP contribution is 2.16. The van der Waals surface area contributed by atoms with E-state index in [1.54, 1.807) is 24.3 Å². The minimum absolute atomic E-state index is 0.269. The number of benzene rings is 3. The minimum atomic E-state index is 0.269. The lowest BCUT2D eigenvalue weighted by molar-refractivity contribution is 0.475. The predicted molar refractivity (Wildman–Crippen MR) is 97.3 cm³/mol. The fourth-order valence-electron chi connectivity index (χ4n) is 2.34. The Kier molecular flexibility index (Phi) is 4.87. The van der Waals surface area contributed by atoms with Crippen LogP contribution in [-0.4, -0.2) is 10.2 Å². The molecule has 122 valence electrons. The summed E-state index contributed by atoms with van der Waals surface area (Å²) in [5.74, 6) is 0.539. The monoisotopic (exact) mass is 320 g/mol. The number of hydrogen-bond acceptors (Lipinski definition) is 4. The smallest absolute Gasteiger partial charge is 0.115 e. The van der Waals surface area contributed by atoms with Crippen LogP contribution in [0.1, 0.15) is 11.1 Å². The van der Waals surface area contributed by atoms with Crippen molar-refractivity contribution < 1.29 is 10.2 Å². The van der Waals surface area contributed by atoms with Crippen molar-refractivity contribution in [2.45, 2.75) is 13.1 Å². The molecule has 3 rings (SSSR count). The van der Waals surface area contributed by atoms with Crippen LogP contribution in [0, 0.1) is 0 Å². The quantitative estimate of drug-likeness (QED) is 0.511. The second-order valence-electron chi connectivity index (χ2n) is 5.62. The van der Waals surface area contributed by atoms with E-state index < -0.39 is 0 Å². The Morgan fingerprint density at radius 3 is 1.17 bits per heavy atom. The van der Waals surface area contributed by atoms with E-state index in [1.807, 2.05) is 24.3 Å². The number of phenols is 2. The second kappa shape index (κ2) is 7.42. The normalized spacial score (nSPS) is 10.3. The first-order valence-corrected chi connectivity index (χ1v) is 7.83. The number of anilines is 2. The van der Waals surface area contributed by atoms with Crippen LogP contribution in [0.2, 0.25) is 0 Å². The predicted octanol–water partition coefficient (Wildman–Crippen LogP) is 4.32. The van der Waals surface area contributed by atoms with Gasteiger partial charge in [-0.25, -0.2) is 0 Å². The molecular weight excluding hydrogens is 300 g/mol. The summed E-state index contributed by atoms with van der Waals surface area (Å²) in [4.78, 5) is 0. The van der Waals surface area contributed by atoms with Crippen LogP contribution in [0.15, 0.2) is 72.8 Å². The van der Waals surface area contributed by atoms with Crippen molar-refractivity contribution in [1.29, 1.82) is 0 Å². The Morgan fingerprint density at radius 1 is 0.500 bits per heavy atom. The molecule has 0 aromatic heterocycles. The standard InChI is InChI=1S/C20H20N2O2/c23-19-9-5-17(6-10-19)21-13-15-1-2-16(4-3-15)14-22-18-7-11-20(24)12-8-18/h1-12,21-24H,13-14H2. The van der Waals surface area contributed by atoms with E-state index in [9.17, 15) is 10.2 Å². The molecule has 0 radical (unpaired) electrons. The van der Waals surface area contributed by atoms with E-state index in [0.717, 1.165) is 24.5 Å². The molecule has 4 N–H and O–H groups in total. The van der Waals surface area contributed by atoms with Crippen molar-refractivity contribution in [3.63, 3.8) is 0 Å². The lowest BCUT2D eigenvalue weighted by Gasteiger charge is -2.09. The molecule has 0 atom stereocenters. The number of nitrogens with one attached hydrogen (secondary N) is 2. The average molecular weight is 320 g/mol. The number of hydrogen-bond donors (Lipinski definition) is 4. The molecule has 0 aliphatic carbocycles. The molecule has 0 spiro atoms. The molecule has 3 aromatic rings. The van der Waals surface area contributed by atoms with Crippen molar-refractivity contribution >= 4 is 11.4 Å². The van der Waals surface area contributed by atoms with E-state index in [4.69, 9.17) is 0 Å². The van der Waals surface area contributed by atoms with Gasteiger partial charge in [-0.1, -0.05) is 24.3 Å². The maximum Gasteiger partial charge on any atom is 0.115 e. The first-order chi connectivity index (χ1) is 11.7. The highest BCUT2D eigenvalue weighted by atomic mass is 16.3. The third-order valence-electron chi connectivity index (χ3n) is 3.75. The first kappa shape index (κ1) is 15.7. The molecule has 0 heterocycles. The summed E-state index contributed by atoms with van der Waals surface area (Å²) < 4.78 is 0. The zero-order chi connectivity index (χ0) is 16.8. The molecule has 0 unspecified atom stereocenters. The molecule has 0 fully saturated rings. The van der Waals surface area contributed by atoms with Crippen molar-refractivity contribution in [3.8, 4) is 11.5 Å². The molecule has 0 bridgehead atoms. The lowest BCUT2D eigenvalue weighted by atomic mass is 10.1. The summed E-state index contributed by atoms with van der Waals surface area (Å²) in [5, 5.41) is 25.2. The van der Waals surface area contributed by atoms with Crippen molar-refractivity contribution in [1.82, 2.24) is 0 Å². The summed E-state index contributed by atoms with van der Waals surface area (Å²) in [6.45, 7) is 1.47. The topological polar surface area (TPSA) is 64.5 Å². The Labute approximate surface area is 141 Å². The van der Waals surface area contributed by atoms with Gasteiger partial charge in [-0.15, -0.1) is 0 Å². The van der Waals surface area contributed by atoms with Gasteiger partial charge in [0.1, 0.15) is 11.5 Å². The van der Waals surface area contributed by atoms with Gasteiger partial charge in [0, 0.05) is 24.5 Å². The zero-order valence-corrected chi connectivity index (χ0v) is 13.2. The van der Waals surface area contributed by atoms with Gasteiger partial charge >= 0.3 is 0 Å². The third kappa shape index (κ3) is 4.43. The maximum absolute atomic E-state index is 9.27. The molecular formula is C20H20N2O2. The maximum atomic E-state index is 9.27. The third-order valence-corrected chi connectivity index (χ3v) is 3.75. The summed E-state index contributed by atoms with van der Waals surface area (Å²) in [5.41, 5.74) is 4.34. The molecule has 0 saturated carbocycles. The largest absolute Gasteiger partial charge is 0.508 e. The van der Waals surface area contributed by atoms with Crippen LogP contribution >= 0.6 is 0 Å². The molecule has 0 amide bonds. The van der Waals surface area contributed by atoms with Crippen molar-refractivity contribution in [2.75, 3.05) is 10.6 Å². The highest BCUT2D eigenvalue weighted by molar-refractivity contribution is 5.47. The van der Waals surface area contributed by atoms with Gasteiger partial charge in [-0.05, 0) is 59.7 Å². The van der Waals surface area contributed by atoms with Gasteiger partial charge in [0.2, 0.25) is 0 Å². The van der Waals surface area contributed by atoms with Gasteiger partial charge < -0.3 is 20.8 Å². The van der Waals surface area contributed by atoms with Gasteiger partial charge in [0.15, 0.2) is 0 Å². The van der Waals surface area contributed by atoms with Gasteiger partial charge in [-0.3, -0.25) is 0 Å². The summed E-state index contributed by atoms with van der Waals surface area (Å²) >= 11 is 0. The van der Waals surface area contributed by atoms with Crippen LogP contribution in [0.25, 0.3) is 0 Å². The van der Waals surface area contributed by atoms with E-state index in [1.165, 1.54) is 11.1 Å². The molecule has 3 aromatic carbocycles. The second-order valence-corrected chi connectivity index (χ2v) is 5.62. The minimum Gasteiger partial charge on any atom is -0.508 e. The fraction of sp³-hybridized carbons (Fsp3) is 0.100. The van der Waals surface area contributed by atoms with E-state index >= 15 is 0 Å². The Morgan fingerprint density at radius 2 is 0.833 bits per heavy atom. The average Bonchev–Trinajstić information content (AvgIpc) is 2.62. The summed E-state index contributed by atoms with van der Waals surface area (Å²) in [7, 11) is 0. The van der Waals surface area contributed by atoms with E-state index in [0.29, 0.717) is 0 Å². The molecule has 0 saturated heterocycles. The van der Waals surface area contributed by atoms with Crippen LogP contribution in [0.3, 0.4) is 0 Å². The molecule has 0 aliphatic heterocycles. The first-order valence-electron chi connectivity index (χ1n) is 7.83. The van der Waals surface area contributed by atoms with Crippen LogP contribution in [0.4, 0.5) is 11.4 Å². The van der Waals surface area contributed by atoms with Crippen molar-refractivity contribution in [2.24, 2.45) is 0 Å².